The summed E-state index contributed by atoms with van der Waals surface area (Å²) in [6.45, 7) is 1.25. The van der Waals surface area contributed by atoms with Gasteiger partial charge >= 0.3 is 0 Å². The van der Waals surface area contributed by atoms with E-state index in [9.17, 15) is 9.59 Å². The van der Waals surface area contributed by atoms with Gasteiger partial charge in [-0.3, -0.25) is 9.59 Å². The molecular weight excluding hydrogens is 344 g/mol. The maximum Gasteiger partial charge on any atom is 0.255 e. The Hall–Kier alpha value is -1.07. The van der Waals surface area contributed by atoms with Crippen LogP contribution in [-0.4, -0.2) is 35.8 Å². The molecule has 0 radical (unpaired) electrons. The molecule has 2 amide bonds. The number of rotatable bonds is 1. The van der Waals surface area contributed by atoms with E-state index in [4.69, 9.17) is 11.6 Å². The number of benzene rings is 1. The van der Waals surface area contributed by atoms with Crippen molar-refractivity contribution in [3.05, 3.63) is 33.3 Å². The quantitative estimate of drug-likeness (QED) is 0.839. The Balaban J connectivity index is 1.88. The summed E-state index contributed by atoms with van der Waals surface area (Å²) in [5.41, 5.74) is 0.592. The van der Waals surface area contributed by atoms with Crippen molar-refractivity contribution in [3.8, 4) is 0 Å². The highest BCUT2D eigenvalue weighted by atomic mass is 79.9. The zero-order valence-corrected chi connectivity index (χ0v) is 13.1. The highest BCUT2D eigenvalue weighted by Gasteiger charge is 2.42. The third kappa shape index (κ3) is 2.33. The van der Waals surface area contributed by atoms with Crippen LogP contribution in [0.15, 0.2) is 22.7 Å². The maximum absolute atomic E-state index is 12.7. The van der Waals surface area contributed by atoms with E-state index in [0.717, 1.165) is 12.8 Å². The van der Waals surface area contributed by atoms with E-state index in [0.29, 0.717) is 28.1 Å². The minimum atomic E-state index is -0.0567. The number of nitrogens with one attached hydrogen (secondary N) is 1. The second-order valence-electron chi connectivity index (χ2n) is 5.18. The third-order valence-corrected chi connectivity index (χ3v) is 4.91. The normalized spacial score (nSPS) is 25.3. The van der Waals surface area contributed by atoms with Gasteiger partial charge in [0.15, 0.2) is 0 Å². The molecule has 3 rings (SSSR count). The fourth-order valence-electron chi connectivity index (χ4n) is 3.02. The molecule has 4 nitrogen and oxygen atoms in total. The Labute approximate surface area is 130 Å². The number of hydrogen-bond acceptors (Lipinski definition) is 2. The first-order valence-corrected chi connectivity index (χ1v) is 7.79. The smallest absolute Gasteiger partial charge is 0.255 e. The molecular formula is C14H14BrClN2O2. The first-order chi connectivity index (χ1) is 9.58. The Morgan fingerprint density at radius 1 is 1.45 bits per heavy atom. The van der Waals surface area contributed by atoms with Gasteiger partial charge in [-0.05, 0) is 47.0 Å². The average molecular weight is 358 g/mol. The zero-order valence-electron chi connectivity index (χ0n) is 10.7. The molecule has 0 spiro atoms. The summed E-state index contributed by atoms with van der Waals surface area (Å²) in [5, 5.41) is 3.44. The molecule has 1 aromatic rings. The molecule has 2 aliphatic rings. The number of hydrogen-bond donors (Lipinski definition) is 1. The van der Waals surface area contributed by atoms with Gasteiger partial charge in [-0.15, -0.1) is 0 Å². The predicted octanol–water partition coefficient (Wildman–Crippen LogP) is 2.45. The molecule has 2 unspecified atom stereocenters. The SMILES string of the molecule is O=C1NCC2C1CCCN2C(=O)c1ccc(Cl)cc1Br. The lowest BCUT2D eigenvalue weighted by molar-refractivity contribution is -0.123. The van der Waals surface area contributed by atoms with Gasteiger partial charge in [0.25, 0.3) is 5.91 Å². The molecule has 0 aromatic heterocycles. The molecule has 1 N–H and O–H groups in total. The van der Waals surface area contributed by atoms with Gasteiger partial charge in [0.1, 0.15) is 0 Å². The number of carbonyl (C=O) groups excluding carboxylic acids is 2. The molecule has 0 bridgehead atoms. The van der Waals surface area contributed by atoms with Crippen molar-refractivity contribution in [2.75, 3.05) is 13.1 Å². The summed E-state index contributed by atoms with van der Waals surface area (Å²) in [5.74, 6) is -0.0267. The van der Waals surface area contributed by atoms with Crippen molar-refractivity contribution < 1.29 is 9.59 Å². The summed E-state index contributed by atoms with van der Waals surface area (Å²) in [7, 11) is 0. The predicted molar refractivity (Wildman–Crippen MR) is 79.7 cm³/mol. The van der Waals surface area contributed by atoms with Crippen LogP contribution in [0, 0.1) is 5.92 Å². The van der Waals surface area contributed by atoms with Crippen LogP contribution in [0.5, 0.6) is 0 Å². The first kappa shape index (κ1) is 13.9. The van der Waals surface area contributed by atoms with Crippen molar-refractivity contribution in [2.45, 2.75) is 18.9 Å². The summed E-state index contributed by atoms with van der Waals surface area (Å²) in [6, 6.07) is 5.13. The Morgan fingerprint density at radius 3 is 3.00 bits per heavy atom. The molecule has 2 atom stereocenters. The largest absolute Gasteiger partial charge is 0.354 e. The van der Waals surface area contributed by atoms with Crippen LogP contribution in [0.4, 0.5) is 0 Å². The number of carbonyl (C=O) groups is 2. The van der Waals surface area contributed by atoms with Gasteiger partial charge in [-0.1, -0.05) is 11.6 Å². The van der Waals surface area contributed by atoms with Crippen molar-refractivity contribution in [2.24, 2.45) is 5.92 Å². The van der Waals surface area contributed by atoms with E-state index < -0.39 is 0 Å². The standard InChI is InChI=1S/C14H14BrClN2O2/c15-11-6-8(16)3-4-9(11)14(20)18-5-1-2-10-12(18)7-17-13(10)19/h3-4,6,10,12H,1-2,5,7H2,(H,17,19). The second kappa shape index (κ2) is 5.37. The van der Waals surface area contributed by atoms with Crippen LogP contribution < -0.4 is 5.32 Å². The van der Waals surface area contributed by atoms with E-state index in [1.54, 1.807) is 18.2 Å². The van der Waals surface area contributed by atoms with Crippen molar-refractivity contribution in [1.82, 2.24) is 10.2 Å². The lowest BCUT2D eigenvalue weighted by Gasteiger charge is -2.36. The van der Waals surface area contributed by atoms with E-state index in [2.05, 4.69) is 21.2 Å². The topological polar surface area (TPSA) is 49.4 Å². The minimum absolute atomic E-state index is 0.0219. The molecule has 1 aromatic carbocycles. The van der Waals surface area contributed by atoms with Crippen molar-refractivity contribution >= 4 is 39.3 Å². The number of nitrogens with zero attached hydrogens (tertiary/aromatic N) is 1. The first-order valence-electron chi connectivity index (χ1n) is 6.61. The van der Waals surface area contributed by atoms with Gasteiger partial charge in [-0.25, -0.2) is 0 Å². The van der Waals surface area contributed by atoms with Crippen LogP contribution in [0.2, 0.25) is 5.02 Å². The molecule has 20 heavy (non-hydrogen) atoms. The lowest BCUT2D eigenvalue weighted by Crippen LogP contribution is -2.48. The Bertz CT molecular complexity index is 578. The fraction of sp³-hybridized carbons (Fsp3) is 0.429. The summed E-state index contributed by atoms with van der Waals surface area (Å²) in [4.78, 5) is 26.3. The van der Waals surface area contributed by atoms with E-state index >= 15 is 0 Å². The minimum Gasteiger partial charge on any atom is -0.354 e. The average Bonchev–Trinajstić information content (AvgIpc) is 2.80. The number of piperidine rings is 1. The fourth-order valence-corrected chi connectivity index (χ4v) is 3.87. The van der Waals surface area contributed by atoms with E-state index in [1.807, 2.05) is 4.90 Å². The van der Waals surface area contributed by atoms with Crippen molar-refractivity contribution in [3.63, 3.8) is 0 Å². The van der Waals surface area contributed by atoms with Gasteiger partial charge in [-0.2, -0.15) is 0 Å². The van der Waals surface area contributed by atoms with Gasteiger partial charge in [0.2, 0.25) is 5.91 Å². The molecule has 2 saturated heterocycles. The summed E-state index contributed by atoms with van der Waals surface area (Å²) in [6.07, 6.45) is 1.73. The van der Waals surface area contributed by atoms with E-state index in [1.165, 1.54) is 0 Å². The highest BCUT2D eigenvalue weighted by molar-refractivity contribution is 9.10. The molecule has 2 fully saturated rings. The number of fused-ring (bicyclic) bond motifs is 1. The van der Waals surface area contributed by atoms with E-state index in [-0.39, 0.29) is 23.8 Å². The lowest BCUT2D eigenvalue weighted by atomic mass is 9.91. The Morgan fingerprint density at radius 2 is 2.25 bits per heavy atom. The molecule has 2 heterocycles. The number of halogens is 2. The van der Waals surface area contributed by atoms with Gasteiger partial charge in [0.05, 0.1) is 17.5 Å². The number of likely N-dealkylation sites (tertiary alicyclic amines) is 1. The summed E-state index contributed by atoms with van der Waals surface area (Å²) < 4.78 is 0.689. The molecule has 0 aliphatic carbocycles. The second-order valence-corrected chi connectivity index (χ2v) is 6.47. The van der Waals surface area contributed by atoms with Crippen LogP contribution in [-0.2, 0) is 4.79 Å². The third-order valence-electron chi connectivity index (χ3n) is 4.02. The number of amides is 2. The zero-order chi connectivity index (χ0) is 14.3. The molecule has 0 saturated carbocycles. The van der Waals surface area contributed by atoms with Gasteiger partial charge in [0, 0.05) is 22.6 Å². The maximum atomic E-state index is 12.7. The monoisotopic (exact) mass is 356 g/mol. The van der Waals surface area contributed by atoms with Crippen LogP contribution in [0.3, 0.4) is 0 Å². The Kier molecular flexibility index (Phi) is 3.73. The molecule has 106 valence electrons. The summed E-state index contributed by atoms with van der Waals surface area (Å²) >= 11 is 9.29. The molecule has 2 aliphatic heterocycles. The molecule has 6 heteroatoms. The van der Waals surface area contributed by atoms with Crippen LogP contribution in [0.1, 0.15) is 23.2 Å². The van der Waals surface area contributed by atoms with Crippen LogP contribution in [0.25, 0.3) is 0 Å². The van der Waals surface area contributed by atoms with Crippen molar-refractivity contribution in [1.29, 1.82) is 0 Å². The van der Waals surface area contributed by atoms with Crippen LogP contribution >= 0.6 is 27.5 Å². The highest BCUT2D eigenvalue weighted by Crippen LogP contribution is 2.30. The van der Waals surface area contributed by atoms with Gasteiger partial charge < -0.3 is 10.2 Å².